The van der Waals surface area contributed by atoms with E-state index in [1.54, 1.807) is 12.2 Å². The molecule has 3 nitrogen and oxygen atoms in total. The summed E-state index contributed by atoms with van der Waals surface area (Å²) in [6, 6.07) is 0. The highest BCUT2D eigenvalue weighted by Gasteiger charge is 2.01. The summed E-state index contributed by atoms with van der Waals surface area (Å²) in [7, 11) is -2.42. The molecule has 0 aromatic rings. The minimum absolute atomic E-state index is 0.467. The van der Waals surface area contributed by atoms with Crippen LogP contribution in [0.4, 0.5) is 0 Å². The van der Waals surface area contributed by atoms with Gasteiger partial charge in [0.1, 0.15) is 0 Å². The van der Waals surface area contributed by atoms with E-state index in [2.05, 4.69) is 0 Å². The molecule has 0 amide bonds. The third kappa shape index (κ3) is 1.54. The van der Waals surface area contributed by atoms with Gasteiger partial charge in [-0.05, 0) is 6.08 Å². The van der Waals surface area contributed by atoms with E-state index >= 15 is 0 Å². The molecule has 0 aromatic heterocycles. The normalized spacial score (nSPS) is 16.2. The lowest BCUT2D eigenvalue weighted by Crippen LogP contribution is -2.06. The third-order valence-corrected chi connectivity index (χ3v) is 1.72. The molecule has 0 bridgehead atoms. The van der Waals surface area contributed by atoms with Crippen LogP contribution < -0.4 is 0 Å². The molecule has 0 radical (unpaired) electrons. The summed E-state index contributed by atoms with van der Waals surface area (Å²) in [6.45, 7) is 0.467. The van der Waals surface area contributed by atoms with Crippen LogP contribution in [0.15, 0.2) is 24.4 Å². The van der Waals surface area contributed by atoms with Crippen molar-refractivity contribution >= 4 is 7.83 Å². The summed E-state index contributed by atoms with van der Waals surface area (Å²) in [4.78, 5) is 0. The predicted octanol–water partition coefficient (Wildman–Crippen LogP) is 1.46. The van der Waals surface area contributed by atoms with Gasteiger partial charge in [0.15, 0.2) is 0 Å². The zero-order valence-corrected chi connectivity index (χ0v) is 5.62. The van der Waals surface area contributed by atoms with Crippen LogP contribution in [0, 0.1) is 0 Å². The van der Waals surface area contributed by atoms with Crippen molar-refractivity contribution in [1.82, 2.24) is 4.67 Å². The molecule has 1 aliphatic heterocycles. The average Bonchev–Trinajstić information content (AvgIpc) is 1.90. The van der Waals surface area contributed by atoms with Crippen LogP contribution >= 0.6 is 7.83 Å². The number of hydrogen-bond donors (Lipinski definition) is 0. The Morgan fingerprint density at radius 3 is 2.44 bits per heavy atom. The zero-order chi connectivity index (χ0) is 6.69. The molecular formula is C5H6NO2P. The van der Waals surface area contributed by atoms with Gasteiger partial charge in [-0.15, -0.1) is 0 Å². The molecule has 4 heteroatoms. The smallest absolute Gasteiger partial charge is 0.270 e. The molecule has 9 heavy (non-hydrogen) atoms. The van der Waals surface area contributed by atoms with E-state index in [-0.39, 0.29) is 0 Å². The van der Waals surface area contributed by atoms with Crippen LogP contribution in [0.1, 0.15) is 0 Å². The van der Waals surface area contributed by atoms with Gasteiger partial charge in [0.2, 0.25) is 0 Å². The average molecular weight is 143 g/mol. The fraction of sp³-hybridized carbons (Fsp3) is 0.200. The minimum Gasteiger partial charge on any atom is -0.270 e. The van der Waals surface area contributed by atoms with Gasteiger partial charge in [0.25, 0.3) is 0 Å². The Bertz CT molecular complexity index is 209. The minimum atomic E-state index is -2.42. The van der Waals surface area contributed by atoms with Gasteiger partial charge in [-0.1, -0.05) is 12.2 Å². The van der Waals surface area contributed by atoms with Gasteiger partial charge in [-0.2, -0.15) is 0 Å². The summed E-state index contributed by atoms with van der Waals surface area (Å²) in [6.07, 6.45) is 6.82. The quantitative estimate of drug-likeness (QED) is 0.521. The Morgan fingerprint density at radius 1 is 1.33 bits per heavy atom. The molecule has 1 aliphatic rings. The molecule has 0 spiro atoms. The predicted molar refractivity (Wildman–Crippen MR) is 33.3 cm³/mol. The first-order valence-corrected chi connectivity index (χ1v) is 3.68. The van der Waals surface area contributed by atoms with Gasteiger partial charge in [-0.3, -0.25) is 4.67 Å². The van der Waals surface area contributed by atoms with E-state index < -0.39 is 7.83 Å². The SMILES string of the molecule is O=P(=O)N1C=CC=CC1. The van der Waals surface area contributed by atoms with Crippen LogP contribution in [0.3, 0.4) is 0 Å². The van der Waals surface area contributed by atoms with Gasteiger partial charge in [0, 0.05) is 12.7 Å². The molecule has 0 saturated heterocycles. The summed E-state index contributed by atoms with van der Waals surface area (Å²) in [5, 5.41) is 0. The van der Waals surface area contributed by atoms with E-state index in [0.717, 1.165) is 0 Å². The molecule has 1 heterocycles. The monoisotopic (exact) mass is 143 g/mol. The molecule has 48 valence electrons. The summed E-state index contributed by atoms with van der Waals surface area (Å²) < 4.78 is 21.7. The van der Waals surface area contributed by atoms with E-state index in [0.29, 0.717) is 6.54 Å². The topological polar surface area (TPSA) is 37.4 Å². The van der Waals surface area contributed by atoms with Crippen molar-refractivity contribution in [2.24, 2.45) is 0 Å². The van der Waals surface area contributed by atoms with Crippen molar-refractivity contribution in [3.8, 4) is 0 Å². The van der Waals surface area contributed by atoms with Crippen LogP contribution in [0.25, 0.3) is 0 Å². The maximum atomic E-state index is 10.2. The first-order valence-electron chi connectivity index (χ1n) is 2.55. The van der Waals surface area contributed by atoms with Crippen molar-refractivity contribution in [3.63, 3.8) is 0 Å². The highest BCUT2D eigenvalue weighted by Crippen LogP contribution is 2.15. The number of hydrogen-bond acceptors (Lipinski definition) is 2. The van der Waals surface area contributed by atoms with Gasteiger partial charge in [-0.25, -0.2) is 9.13 Å². The summed E-state index contributed by atoms with van der Waals surface area (Å²) in [5.74, 6) is 0. The summed E-state index contributed by atoms with van der Waals surface area (Å²) >= 11 is 0. The van der Waals surface area contributed by atoms with E-state index in [4.69, 9.17) is 0 Å². The highest BCUT2D eigenvalue weighted by molar-refractivity contribution is 7.28. The lowest BCUT2D eigenvalue weighted by Gasteiger charge is -2.08. The molecule has 0 aliphatic carbocycles. The van der Waals surface area contributed by atoms with Crippen molar-refractivity contribution in [3.05, 3.63) is 24.4 Å². The van der Waals surface area contributed by atoms with Crippen molar-refractivity contribution < 1.29 is 9.13 Å². The molecule has 0 atom stereocenters. The van der Waals surface area contributed by atoms with Crippen molar-refractivity contribution in [1.29, 1.82) is 0 Å². The second-order valence-corrected chi connectivity index (χ2v) is 2.62. The lowest BCUT2D eigenvalue weighted by molar-refractivity contribution is 0.464. The van der Waals surface area contributed by atoms with Crippen molar-refractivity contribution in [2.75, 3.05) is 6.54 Å². The van der Waals surface area contributed by atoms with Crippen LogP contribution in [0.2, 0.25) is 0 Å². The summed E-state index contributed by atoms with van der Waals surface area (Å²) in [5.41, 5.74) is 0. The first kappa shape index (κ1) is 6.30. The van der Waals surface area contributed by atoms with Crippen molar-refractivity contribution in [2.45, 2.75) is 0 Å². The van der Waals surface area contributed by atoms with Crippen LogP contribution in [0.5, 0.6) is 0 Å². The van der Waals surface area contributed by atoms with Crippen LogP contribution in [-0.2, 0) is 9.13 Å². The fourth-order valence-electron chi connectivity index (χ4n) is 0.578. The van der Waals surface area contributed by atoms with E-state index in [1.165, 1.54) is 10.9 Å². The molecule has 0 unspecified atom stereocenters. The Kier molecular flexibility index (Phi) is 1.85. The second kappa shape index (κ2) is 2.65. The lowest BCUT2D eigenvalue weighted by atomic mass is 10.4. The Labute approximate surface area is 53.5 Å². The third-order valence-electron chi connectivity index (χ3n) is 1.01. The van der Waals surface area contributed by atoms with Gasteiger partial charge >= 0.3 is 7.83 Å². The first-order chi connectivity index (χ1) is 4.30. The molecule has 0 fully saturated rings. The zero-order valence-electron chi connectivity index (χ0n) is 4.73. The van der Waals surface area contributed by atoms with Crippen LogP contribution in [-0.4, -0.2) is 11.2 Å². The molecule has 0 N–H and O–H groups in total. The molecule has 1 rings (SSSR count). The van der Waals surface area contributed by atoms with E-state index in [9.17, 15) is 9.13 Å². The Balaban J connectivity index is 2.67. The maximum Gasteiger partial charge on any atom is 0.426 e. The fourth-order valence-corrected chi connectivity index (χ4v) is 0.992. The standard InChI is InChI=1S/C5H6NO2P/c7-9(8)6-4-2-1-3-5-6/h1-4H,5H2. The van der Waals surface area contributed by atoms with E-state index in [1.807, 2.05) is 6.08 Å². The molecular weight excluding hydrogens is 137 g/mol. The Hall–Kier alpha value is -0.820. The second-order valence-electron chi connectivity index (χ2n) is 1.63. The molecule has 0 saturated carbocycles. The number of rotatable bonds is 1. The largest absolute Gasteiger partial charge is 0.426 e. The number of allylic oxidation sites excluding steroid dienone is 2. The number of nitrogens with zero attached hydrogens (tertiary/aromatic N) is 1. The van der Waals surface area contributed by atoms with Gasteiger partial charge < -0.3 is 0 Å². The van der Waals surface area contributed by atoms with Gasteiger partial charge in [0.05, 0.1) is 0 Å². The Morgan fingerprint density at radius 2 is 2.11 bits per heavy atom. The highest BCUT2D eigenvalue weighted by atomic mass is 31.1. The molecule has 0 aromatic carbocycles. The maximum absolute atomic E-state index is 10.2.